The number of hydrogen-bond donors (Lipinski definition) is 2. The molecular weight excluding hydrogens is 342 g/mol. The van der Waals surface area contributed by atoms with E-state index < -0.39 is 0 Å². The van der Waals surface area contributed by atoms with Crippen LogP contribution in [0.5, 0.6) is 0 Å². The summed E-state index contributed by atoms with van der Waals surface area (Å²) in [6.07, 6.45) is 5.12. The molecule has 1 amide bonds. The number of amides is 1. The zero-order valence-electron chi connectivity index (χ0n) is 14.9. The summed E-state index contributed by atoms with van der Waals surface area (Å²) < 4.78 is 0. The van der Waals surface area contributed by atoms with Crippen molar-refractivity contribution in [2.75, 3.05) is 26.2 Å². The molecule has 1 aromatic carbocycles. The van der Waals surface area contributed by atoms with Gasteiger partial charge in [0.15, 0.2) is 0 Å². The van der Waals surface area contributed by atoms with Gasteiger partial charge >= 0.3 is 0 Å². The highest BCUT2D eigenvalue weighted by Gasteiger charge is 2.22. The van der Waals surface area contributed by atoms with Crippen LogP contribution in [-0.2, 0) is 4.79 Å². The van der Waals surface area contributed by atoms with E-state index in [0.717, 1.165) is 18.6 Å². The number of para-hydroxylation sites is 1. The Morgan fingerprint density at radius 2 is 2.08 bits per heavy atom. The van der Waals surface area contributed by atoms with Crippen LogP contribution in [0.3, 0.4) is 0 Å². The number of H-pyrrole nitrogens is 1. The largest absolute Gasteiger partial charge is 0.361 e. The second kappa shape index (κ2) is 8.06. The number of hydrogen-bond acceptors (Lipinski definition) is 3. The van der Waals surface area contributed by atoms with Gasteiger partial charge in [-0.3, -0.25) is 4.79 Å². The van der Waals surface area contributed by atoms with Crippen LogP contribution >= 0.6 is 11.3 Å². The molecule has 3 heterocycles. The fourth-order valence-corrected chi connectivity index (χ4v) is 4.59. The van der Waals surface area contributed by atoms with Crippen LogP contribution in [0.4, 0.5) is 0 Å². The van der Waals surface area contributed by atoms with Gasteiger partial charge in [-0.15, -0.1) is 0 Å². The van der Waals surface area contributed by atoms with E-state index >= 15 is 0 Å². The van der Waals surface area contributed by atoms with E-state index in [2.05, 4.69) is 56.4 Å². The van der Waals surface area contributed by atoms with Gasteiger partial charge in [-0.05, 0) is 60.0 Å². The highest BCUT2D eigenvalue weighted by molar-refractivity contribution is 7.08. The van der Waals surface area contributed by atoms with E-state index in [1.165, 1.54) is 42.4 Å². The maximum atomic E-state index is 12.6. The smallest absolute Gasteiger partial charge is 0.220 e. The molecule has 3 aromatic rings. The first-order valence-corrected chi connectivity index (χ1v) is 10.3. The van der Waals surface area contributed by atoms with Crippen molar-refractivity contribution in [2.45, 2.75) is 25.2 Å². The number of likely N-dealkylation sites (tertiary alicyclic amines) is 1. The van der Waals surface area contributed by atoms with Crippen LogP contribution in [0.25, 0.3) is 10.9 Å². The summed E-state index contributed by atoms with van der Waals surface area (Å²) in [5.41, 5.74) is 3.54. The SMILES string of the molecule is O=C(CC(c1ccsc1)c1c[nH]c2ccccc12)NCCN1CCCC1. The van der Waals surface area contributed by atoms with Gasteiger partial charge in [0.05, 0.1) is 0 Å². The van der Waals surface area contributed by atoms with Crippen molar-refractivity contribution in [3.63, 3.8) is 0 Å². The minimum Gasteiger partial charge on any atom is -0.361 e. The van der Waals surface area contributed by atoms with Gasteiger partial charge in [-0.25, -0.2) is 0 Å². The van der Waals surface area contributed by atoms with E-state index in [-0.39, 0.29) is 11.8 Å². The van der Waals surface area contributed by atoms with Crippen LogP contribution in [0.15, 0.2) is 47.3 Å². The van der Waals surface area contributed by atoms with Gasteiger partial charge in [0.25, 0.3) is 0 Å². The van der Waals surface area contributed by atoms with Crippen molar-refractivity contribution in [3.8, 4) is 0 Å². The number of aromatic amines is 1. The van der Waals surface area contributed by atoms with Crippen molar-refractivity contribution in [2.24, 2.45) is 0 Å². The number of carbonyl (C=O) groups is 1. The molecule has 1 saturated heterocycles. The highest BCUT2D eigenvalue weighted by atomic mass is 32.1. The number of nitrogens with one attached hydrogen (secondary N) is 2. The topological polar surface area (TPSA) is 48.1 Å². The Morgan fingerprint density at radius 1 is 1.23 bits per heavy atom. The van der Waals surface area contributed by atoms with Gasteiger partial charge in [0, 0.05) is 42.5 Å². The van der Waals surface area contributed by atoms with Gasteiger partial charge in [0.1, 0.15) is 0 Å². The molecule has 4 rings (SSSR count). The molecule has 0 saturated carbocycles. The molecule has 4 nitrogen and oxygen atoms in total. The molecule has 0 bridgehead atoms. The number of fused-ring (bicyclic) bond motifs is 1. The molecule has 0 spiro atoms. The minimum absolute atomic E-state index is 0.0872. The number of thiophene rings is 1. The Labute approximate surface area is 158 Å². The molecule has 2 aromatic heterocycles. The molecule has 5 heteroatoms. The lowest BCUT2D eigenvalue weighted by Crippen LogP contribution is -2.34. The highest BCUT2D eigenvalue weighted by Crippen LogP contribution is 2.34. The predicted molar refractivity (Wildman–Crippen MR) is 108 cm³/mol. The van der Waals surface area contributed by atoms with E-state index in [1.807, 2.05) is 6.07 Å². The molecule has 0 aliphatic carbocycles. The summed E-state index contributed by atoms with van der Waals surface area (Å²) >= 11 is 1.68. The van der Waals surface area contributed by atoms with Crippen LogP contribution < -0.4 is 5.32 Å². The summed E-state index contributed by atoms with van der Waals surface area (Å²) in [4.78, 5) is 18.4. The normalized spacial score (nSPS) is 16.2. The van der Waals surface area contributed by atoms with Gasteiger partial charge in [-0.2, -0.15) is 11.3 Å². The van der Waals surface area contributed by atoms with Crippen LogP contribution in [0.2, 0.25) is 0 Å². The maximum absolute atomic E-state index is 12.6. The fraction of sp³-hybridized carbons (Fsp3) is 0.381. The van der Waals surface area contributed by atoms with Crippen LogP contribution in [0, 0.1) is 0 Å². The van der Waals surface area contributed by atoms with Gasteiger partial charge < -0.3 is 15.2 Å². The first-order chi connectivity index (χ1) is 12.8. The fourth-order valence-electron chi connectivity index (χ4n) is 3.88. The average Bonchev–Trinajstić information content (AvgIpc) is 3.41. The van der Waals surface area contributed by atoms with E-state index in [4.69, 9.17) is 0 Å². The molecule has 1 aliphatic rings. The lowest BCUT2D eigenvalue weighted by Gasteiger charge is -2.17. The summed E-state index contributed by atoms with van der Waals surface area (Å²) in [7, 11) is 0. The number of rotatable bonds is 7. The molecule has 26 heavy (non-hydrogen) atoms. The lowest BCUT2D eigenvalue weighted by atomic mass is 9.89. The number of carbonyl (C=O) groups excluding carboxylic acids is 1. The van der Waals surface area contributed by atoms with E-state index in [0.29, 0.717) is 6.42 Å². The Morgan fingerprint density at radius 3 is 2.88 bits per heavy atom. The molecule has 1 aliphatic heterocycles. The number of benzene rings is 1. The minimum atomic E-state index is 0.0872. The summed E-state index contributed by atoms with van der Waals surface area (Å²) in [6.45, 7) is 4.04. The second-order valence-electron chi connectivity index (χ2n) is 7.00. The van der Waals surface area contributed by atoms with E-state index in [1.54, 1.807) is 11.3 Å². The first-order valence-electron chi connectivity index (χ1n) is 9.38. The zero-order chi connectivity index (χ0) is 17.8. The number of nitrogens with zero attached hydrogens (tertiary/aromatic N) is 1. The lowest BCUT2D eigenvalue weighted by molar-refractivity contribution is -0.121. The molecule has 136 valence electrons. The Kier molecular flexibility index (Phi) is 5.37. The molecule has 1 atom stereocenters. The summed E-state index contributed by atoms with van der Waals surface area (Å²) in [5.74, 6) is 0.217. The average molecular weight is 368 g/mol. The van der Waals surface area contributed by atoms with Gasteiger partial charge in [0.2, 0.25) is 5.91 Å². The maximum Gasteiger partial charge on any atom is 0.220 e. The van der Waals surface area contributed by atoms with Crippen molar-refractivity contribution in [1.29, 1.82) is 0 Å². The summed E-state index contributed by atoms with van der Waals surface area (Å²) in [6, 6.07) is 10.4. The number of aromatic nitrogens is 1. The third-order valence-electron chi connectivity index (χ3n) is 5.28. The van der Waals surface area contributed by atoms with Gasteiger partial charge in [-0.1, -0.05) is 18.2 Å². The van der Waals surface area contributed by atoms with Crippen molar-refractivity contribution < 1.29 is 4.79 Å². The Hall–Kier alpha value is -2.11. The summed E-state index contributed by atoms with van der Waals surface area (Å²) in [5, 5.41) is 8.57. The van der Waals surface area contributed by atoms with Crippen LogP contribution in [0.1, 0.15) is 36.3 Å². The third-order valence-corrected chi connectivity index (χ3v) is 5.98. The van der Waals surface area contributed by atoms with Crippen molar-refractivity contribution >= 4 is 28.1 Å². The van der Waals surface area contributed by atoms with Crippen molar-refractivity contribution in [3.05, 3.63) is 58.4 Å². The molecular formula is C21H25N3OS. The Balaban J connectivity index is 1.46. The molecule has 1 fully saturated rings. The monoisotopic (exact) mass is 367 g/mol. The quantitative estimate of drug-likeness (QED) is 0.664. The second-order valence-corrected chi connectivity index (χ2v) is 7.78. The third kappa shape index (κ3) is 3.84. The predicted octanol–water partition coefficient (Wildman–Crippen LogP) is 3.96. The Bertz CT molecular complexity index is 849. The molecule has 1 unspecified atom stereocenters. The first kappa shape index (κ1) is 17.3. The van der Waals surface area contributed by atoms with E-state index in [9.17, 15) is 4.79 Å². The molecule has 2 N–H and O–H groups in total. The zero-order valence-corrected chi connectivity index (χ0v) is 15.7. The van der Waals surface area contributed by atoms with Crippen molar-refractivity contribution in [1.82, 2.24) is 15.2 Å². The standard InChI is InChI=1S/C21H25N3OS/c25-21(22-8-11-24-9-3-4-10-24)13-18(16-7-12-26-15-16)19-14-23-20-6-2-1-5-17(19)20/h1-2,5-7,12,14-15,18,23H,3-4,8-11,13H2,(H,22,25). The van der Waals surface area contributed by atoms with Crippen LogP contribution in [-0.4, -0.2) is 42.0 Å². The molecule has 0 radical (unpaired) electrons.